The van der Waals surface area contributed by atoms with E-state index >= 15 is 0 Å². The summed E-state index contributed by atoms with van der Waals surface area (Å²) in [5, 5.41) is 0.716. The molecule has 3 N–H and O–H groups in total. The molecule has 0 saturated carbocycles. The zero-order valence-corrected chi connectivity index (χ0v) is 18.4. The molecule has 0 bridgehead atoms. The van der Waals surface area contributed by atoms with Crippen LogP contribution in [-0.4, -0.2) is 55.3 Å². The quantitative estimate of drug-likeness (QED) is 0.496. The smallest absolute Gasteiger partial charge is 0.271 e. The van der Waals surface area contributed by atoms with Gasteiger partial charge in [-0.25, -0.2) is 8.42 Å². The molecule has 2 aliphatic heterocycles. The normalized spacial score (nSPS) is 18.2. The van der Waals surface area contributed by atoms with Gasteiger partial charge in [0.2, 0.25) is 10.0 Å². The van der Waals surface area contributed by atoms with Gasteiger partial charge in [-0.2, -0.15) is 4.31 Å². The van der Waals surface area contributed by atoms with E-state index < -0.39 is 27.9 Å². The highest BCUT2D eigenvalue weighted by Crippen LogP contribution is 2.34. The molecule has 10 nitrogen and oxygen atoms in total. The Labute approximate surface area is 189 Å². The maximum Gasteiger partial charge on any atom is 0.271 e. The van der Waals surface area contributed by atoms with Gasteiger partial charge in [0.05, 0.1) is 10.5 Å². The largest absolute Gasteiger partial charge is 0.486 e. The Morgan fingerprint density at radius 2 is 1.82 bits per heavy atom. The molecule has 2 aromatic carbocycles. The van der Waals surface area contributed by atoms with E-state index in [2.05, 4.69) is 15.8 Å². The first-order valence-electron chi connectivity index (χ1n) is 10.5. The van der Waals surface area contributed by atoms with Crippen LogP contribution in [0.25, 0.3) is 10.9 Å². The maximum absolute atomic E-state index is 13.3. The molecule has 0 spiro atoms. The van der Waals surface area contributed by atoms with Crippen molar-refractivity contribution in [1.82, 2.24) is 20.1 Å². The Bertz CT molecular complexity index is 1340. The molecule has 0 radical (unpaired) electrons. The lowest BCUT2D eigenvalue weighted by molar-refractivity contribution is -0.125. The number of aromatic amines is 1. The zero-order valence-electron chi connectivity index (χ0n) is 17.5. The monoisotopic (exact) mass is 470 g/mol. The molecule has 2 amide bonds. The van der Waals surface area contributed by atoms with E-state index in [0.717, 1.165) is 9.82 Å². The number of hydrogen-bond acceptors (Lipinski definition) is 6. The summed E-state index contributed by atoms with van der Waals surface area (Å²) in [6.45, 7) is 0.935. The minimum atomic E-state index is -3.96. The molecule has 33 heavy (non-hydrogen) atoms. The average Bonchev–Trinajstić information content (AvgIpc) is 3.50. The highest BCUT2D eigenvalue weighted by Gasteiger charge is 2.40. The fourth-order valence-electron chi connectivity index (χ4n) is 4.14. The van der Waals surface area contributed by atoms with Gasteiger partial charge in [-0.15, -0.1) is 0 Å². The number of amides is 2. The topological polar surface area (TPSA) is 130 Å². The van der Waals surface area contributed by atoms with Crippen LogP contribution in [0.3, 0.4) is 0 Å². The van der Waals surface area contributed by atoms with E-state index in [4.69, 9.17) is 9.47 Å². The van der Waals surface area contributed by atoms with Crippen molar-refractivity contribution in [3.8, 4) is 11.5 Å². The van der Waals surface area contributed by atoms with Crippen LogP contribution in [0.15, 0.2) is 53.6 Å². The van der Waals surface area contributed by atoms with Crippen molar-refractivity contribution in [2.45, 2.75) is 23.8 Å². The number of fused-ring (bicyclic) bond motifs is 2. The summed E-state index contributed by atoms with van der Waals surface area (Å²) in [6.07, 6.45) is 2.43. The van der Waals surface area contributed by atoms with E-state index in [9.17, 15) is 18.0 Å². The lowest BCUT2D eigenvalue weighted by Gasteiger charge is -2.24. The van der Waals surface area contributed by atoms with Gasteiger partial charge in [-0.3, -0.25) is 20.4 Å². The van der Waals surface area contributed by atoms with Crippen LogP contribution in [0.2, 0.25) is 0 Å². The van der Waals surface area contributed by atoms with Crippen LogP contribution in [-0.2, 0) is 14.8 Å². The number of carbonyl (C=O) groups excluding carboxylic acids is 2. The predicted molar refractivity (Wildman–Crippen MR) is 118 cm³/mol. The number of benzene rings is 2. The highest BCUT2D eigenvalue weighted by molar-refractivity contribution is 7.89. The number of carbonyl (C=O) groups is 2. The van der Waals surface area contributed by atoms with Crippen molar-refractivity contribution < 1.29 is 27.5 Å². The second-order valence-electron chi connectivity index (χ2n) is 7.77. The Kier molecular flexibility index (Phi) is 5.43. The van der Waals surface area contributed by atoms with Crippen molar-refractivity contribution in [3.63, 3.8) is 0 Å². The number of hydrogen-bond donors (Lipinski definition) is 3. The van der Waals surface area contributed by atoms with Gasteiger partial charge in [-0.05, 0) is 31.0 Å². The summed E-state index contributed by atoms with van der Waals surface area (Å²) in [6, 6.07) is 10.7. The molecule has 1 saturated heterocycles. The standard InChI is InChI=1S/C22H22N4O6S/c27-21(16-13-23-17-5-2-1-4-15(16)17)24-25-22(28)18-6-3-9-26(18)33(29,30)14-7-8-19-20(12-14)32-11-10-31-19/h1-2,4-5,7-8,12-13,18,23H,3,6,9-11H2,(H,24,27)(H,25,28). The molecule has 1 fully saturated rings. The van der Waals surface area contributed by atoms with Gasteiger partial charge < -0.3 is 14.5 Å². The number of nitrogens with one attached hydrogen (secondary N) is 3. The summed E-state index contributed by atoms with van der Waals surface area (Å²) in [5.41, 5.74) is 5.93. The SMILES string of the molecule is O=C(NNC(=O)C1CCCN1S(=O)(=O)c1ccc2c(c1)OCCO2)c1c[nH]c2ccccc12. The van der Waals surface area contributed by atoms with Crippen LogP contribution in [0.1, 0.15) is 23.2 Å². The summed E-state index contributed by atoms with van der Waals surface area (Å²) in [4.78, 5) is 28.4. The van der Waals surface area contributed by atoms with Gasteiger partial charge >= 0.3 is 0 Å². The molecule has 172 valence electrons. The number of aromatic nitrogens is 1. The van der Waals surface area contributed by atoms with E-state index in [0.29, 0.717) is 48.5 Å². The second kappa shape index (κ2) is 8.41. The molecule has 5 rings (SSSR count). The number of para-hydroxylation sites is 1. The van der Waals surface area contributed by atoms with Crippen LogP contribution in [0, 0.1) is 0 Å². The van der Waals surface area contributed by atoms with Crippen LogP contribution >= 0.6 is 0 Å². The molecule has 3 aromatic rings. The first-order valence-corrected chi connectivity index (χ1v) is 12.0. The molecule has 1 atom stereocenters. The van der Waals surface area contributed by atoms with Crippen molar-refractivity contribution in [2.75, 3.05) is 19.8 Å². The molecule has 1 unspecified atom stereocenters. The summed E-state index contributed by atoms with van der Waals surface area (Å²) < 4.78 is 38.6. The first kappa shape index (κ1) is 21.3. The molecular weight excluding hydrogens is 448 g/mol. The molecule has 2 aliphatic rings. The number of nitrogens with zero attached hydrogens (tertiary/aromatic N) is 1. The summed E-state index contributed by atoms with van der Waals surface area (Å²) >= 11 is 0. The Morgan fingerprint density at radius 3 is 2.67 bits per heavy atom. The van der Waals surface area contributed by atoms with E-state index in [-0.39, 0.29) is 11.4 Å². The lowest BCUT2D eigenvalue weighted by Crippen LogP contribution is -2.51. The maximum atomic E-state index is 13.3. The van der Waals surface area contributed by atoms with E-state index in [1.807, 2.05) is 18.2 Å². The summed E-state index contributed by atoms with van der Waals surface area (Å²) in [5.74, 6) is -0.258. The number of hydrazine groups is 1. The fourth-order valence-corrected chi connectivity index (χ4v) is 5.81. The van der Waals surface area contributed by atoms with E-state index in [1.54, 1.807) is 18.3 Å². The Balaban J connectivity index is 1.30. The second-order valence-corrected chi connectivity index (χ2v) is 9.66. The molecule has 0 aliphatic carbocycles. The number of H-pyrrole nitrogens is 1. The summed E-state index contributed by atoms with van der Waals surface area (Å²) in [7, 11) is -3.96. The van der Waals surface area contributed by atoms with Crippen molar-refractivity contribution in [1.29, 1.82) is 0 Å². The number of rotatable bonds is 4. The Hall–Kier alpha value is -3.57. The molecule has 1 aromatic heterocycles. The average molecular weight is 471 g/mol. The molecule has 11 heteroatoms. The highest BCUT2D eigenvalue weighted by atomic mass is 32.2. The third-order valence-electron chi connectivity index (χ3n) is 5.76. The third-order valence-corrected chi connectivity index (χ3v) is 7.66. The van der Waals surface area contributed by atoms with Gasteiger partial charge in [0.1, 0.15) is 19.3 Å². The minimum absolute atomic E-state index is 0.0225. The number of sulfonamides is 1. The van der Waals surface area contributed by atoms with Gasteiger partial charge in [0, 0.05) is 29.7 Å². The fraction of sp³-hybridized carbons (Fsp3) is 0.273. The molecule has 3 heterocycles. The van der Waals surface area contributed by atoms with Crippen LogP contribution in [0.5, 0.6) is 11.5 Å². The van der Waals surface area contributed by atoms with Crippen molar-refractivity contribution in [2.24, 2.45) is 0 Å². The minimum Gasteiger partial charge on any atom is -0.486 e. The van der Waals surface area contributed by atoms with Crippen molar-refractivity contribution >= 4 is 32.7 Å². The third kappa shape index (κ3) is 3.89. The van der Waals surface area contributed by atoms with E-state index in [1.165, 1.54) is 12.1 Å². The van der Waals surface area contributed by atoms with Gasteiger partial charge in [0.25, 0.3) is 11.8 Å². The van der Waals surface area contributed by atoms with Crippen molar-refractivity contribution in [3.05, 3.63) is 54.2 Å². The van der Waals surface area contributed by atoms with Gasteiger partial charge in [0.15, 0.2) is 11.5 Å². The van der Waals surface area contributed by atoms with Crippen LogP contribution in [0.4, 0.5) is 0 Å². The van der Waals surface area contributed by atoms with Crippen LogP contribution < -0.4 is 20.3 Å². The Morgan fingerprint density at radius 1 is 1.03 bits per heavy atom. The van der Waals surface area contributed by atoms with Gasteiger partial charge in [-0.1, -0.05) is 18.2 Å². The molecular formula is C22H22N4O6S. The first-order chi connectivity index (χ1) is 15.9. The number of ether oxygens (including phenoxy) is 2. The lowest BCUT2D eigenvalue weighted by atomic mass is 10.2. The zero-order chi connectivity index (χ0) is 23.0. The predicted octanol–water partition coefficient (Wildman–Crippen LogP) is 1.55.